The van der Waals surface area contributed by atoms with Crippen LogP contribution in [0, 0.1) is 13.8 Å². The predicted octanol–water partition coefficient (Wildman–Crippen LogP) is 4.37. The van der Waals surface area contributed by atoms with E-state index in [0.717, 1.165) is 0 Å². The van der Waals surface area contributed by atoms with Crippen LogP contribution in [-0.2, 0) is 6.61 Å². The molecule has 7 heteroatoms. The van der Waals surface area contributed by atoms with Crippen LogP contribution in [-0.4, -0.2) is 11.1 Å². The predicted molar refractivity (Wildman–Crippen MR) is 88.4 cm³/mol. The maximum absolute atomic E-state index is 12.2. The van der Waals surface area contributed by atoms with Crippen molar-refractivity contribution < 1.29 is 18.5 Å². The lowest BCUT2D eigenvalue weighted by Gasteiger charge is -2.04. The Bertz CT molecular complexity index is 850. The van der Waals surface area contributed by atoms with E-state index in [9.17, 15) is 4.79 Å². The summed E-state index contributed by atoms with van der Waals surface area (Å²) in [6.45, 7) is 3.67. The van der Waals surface area contributed by atoms with Crippen molar-refractivity contribution in [2.45, 2.75) is 20.5 Å². The number of carbonyl (C=O) groups excluding carboxylic acids is 1. The molecule has 3 aromatic rings. The average Bonchev–Trinajstić information content (AvgIpc) is 3.15. The van der Waals surface area contributed by atoms with Crippen molar-refractivity contribution in [3.8, 4) is 5.75 Å². The Morgan fingerprint density at radius 1 is 1.29 bits per heavy atom. The van der Waals surface area contributed by atoms with Gasteiger partial charge in [-0.3, -0.25) is 4.79 Å². The number of amides is 1. The number of carbonyl (C=O) groups is 1. The topological polar surface area (TPSA) is 77.5 Å². The lowest BCUT2D eigenvalue weighted by Crippen LogP contribution is -2.12. The van der Waals surface area contributed by atoms with Crippen LogP contribution in [0.5, 0.6) is 5.75 Å². The minimum Gasteiger partial charge on any atom is -0.486 e. The van der Waals surface area contributed by atoms with Gasteiger partial charge in [-0.2, -0.15) is 0 Å². The van der Waals surface area contributed by atoms with Crippen LogP contribution >= 0.6 is 11.6 Å². The largest absolute Gasteiger partial charge is 0.486 e. The van der Waals surface area contributed by atoms with Crippen LogP contribution in [0.4, 0.5) is 5.69 Å². The zero-order chi connectivity index (χ0) is 17.1. The molecule has 0 fully saturated rings. The Morgan fingerprint density at radius 3 is 2.83 bits per heavy atom. The molecule has 0 spiro atoms. The van der Waals surface area contributed by atoms with Gasteiger partial charge in [-0.1, -0.05) is 22.8 Å². The monoisotopic (exact) mass is 346 g/mol. The molecule has 0 atom stereocenters. The molecule has 0 saturated carbocycles. The normalized spacial score (nSPS) is 10.6. The van der Waals surface area contributed by atoms with Crippen LogP contribution in [0.15, 0.2) is 45.3 Å². The Balaban J connectivity index is 1.63. The fourth-order valence-electron chi connectivity index (χ4n) is 2.13. The molecular formula is C17H15ClN2O4. The van der Waals surface area contributed by atoms with Gasteiger partial charge in [0.25, 0.3) is 5.91 Å². The molecule has 2 aromatic heterocycles. The van der Waals surface area contributed by atoms with Crippen LogP contribution in [0.25, 0.3) is 0 Å². The summed E-state index contributed by atoms with van der Waals surface area (Å²) in [6.07, 6.45) is 0. The number of aromatic nitrogens is 1. The quantitative estimate of drug-likeness (QED) is 0.742. The summed E-state index contributed by atoms with van der Waals surface area (Å²) < 4.78 is 16.1. The van der Waals surface area contributed by atoms with Gasteiger partial charge in [-0.15, -0.1) is 0 Å². The number of aryl methyl sites for hydroxylation is 2. The summed E-state index contributed by atoms with van der Waals surface area (Å²) >= 11 is 5.90. The average molecular weight is 347 g/mol. The number of ether oxygens (including phenoxy) is 1. The maximum atomic E-state index is 12.2. The van der Waals surface area contributed by atoms with Crippen LogP contribution in [0.2, 0.25) is 5.02 Å². The second kappa shape index (κ2) is 6.80. The van der Waals surface area contributed by atoms with Gasteiger partial charge >= 0.3 is 0 Å². The van der Waals surface area contributed by atoms with Gasteiger partial charge in [0, 0.05) is 5.02 Å². The Kier molecular flexibility index (Phi) is 4.57. The molecule has 2 heterocycles. The third-order valence-corrected chi connectivity index (χ3v) is 3.57. The van der Waals surface area contributed by atoms with Gasteiger partial charge in [0.15, 0.2) is 11.5 Å². The van der Waals surface area contributed by atoms with Gasteiger partial charge in [0.1, 0.15) is 29.5 Å². The van der Waals surface area contributed by atoms with Crippen molar-refractivity contribution in [1.82, 2.24) is 5.16 Å². The summed E-state index contributed by atoms with van der Waals surface area (Å²) in [5.41, 5.74) is 1.16. The minimum atomic E-state index is -0.376. The smallest absolute Gasteiger partial charge is 0.291 e. The molecule has 0 aliphatic rings. The van der Waals surface area contributed by atoms with Crippen LogP contribution in [0.1, 0.15) is 27.8 Å². The first-order valence-electron chi connectivity index (χ1n) is 7.24. The van der Waals surface area contributed by atoms with Gasteiger partial charge in [0.2, 0.25) is 0 Å². The first-order chi connectivity index (χ1) is 11.5. The molecule has 1 N–H and O–H groups in total. The molecule has 24 heavy (non-hydrogen) atoms. The summed E-state index contributed by atoms with van der Waals surface area (Å²) in [6, 6.07) is 10.3. The highest BCUT2D eigenvalue weighted by atomic mass is 35.5. The van der Waals surface area contributed by atoms with E-state index in [1.807, 2.05) is 0 Å². The lowest BCUT2D eigenvalue weighted by atomic mass is 10.3. The second-order valence-corrected chi connectivity index (χ2v) is 5.60. The van der Waals surface area contributed by atoms with Gasteiger partial charge in [-0.05, 0) is 44.2 Å². The van der Waals surface area contributed by atoms with Crippen molar-refractivity contribution >= 4 is 23.2 Å². The molecule has 3 rings (SSSR count). The Labute approximate surface area is 143 Å². The van der Waals surface area contributed by atoms with Gasteiger partial charge in [-0.25, -0.2) is 0 Å². The second-order valence-electron chi connectivity index (χ2n) is 5.17. The zero-order valence-electron chi connectivity index (χ0n) is 13.1. The SMILES string of the molecule is Cc1noc(C)c1NC(=O)c1ccc(COc2cccc(Cl)c2)o1. The first-order valence-corrected chi connectivity index (χ1v) is 7.62. The molecule has 1 aromatic carbocycles. The van der Waals surface area contributed by atoms with E-state index in [0.29, 0.717) is 33.7 Å². The van der Waals surface area contributed by atoms with Crippen LogP contribution in [0.3, 0.4) is 0 Å². The zero-order valence-corrected chi connectivity index (χ0v) is 13.9. The van der Waals surface area contributed by atoms with E-state index in [1.54, 1.807) is 50.2 Å². The van der Waals surface area contributed by atoms with Crippen molar-refractivity contribution in [3.05, 3.63) is 64.4 Å². The third-order valence-electron chi connectivity index (χ3n) is 3.33. The standard InChI is InChI=1S/C17H15ClN2O4/c1-10-16(11(2)24-20-10)19-17(21)15-7-6-14(23-15)9-22-13-5-3-4-12(18)8-13/h3-8H,9H2,1-2H3,(H,19,21). The summed E-state index contributed by atoms with van der Waals surface area (Å²) in [7, 11) is 0. The van der Waals surface area contributed by atoms with Crippen LogP contribution < -0.4 is 10.1 Å². The van der Waals surface area contributed by atoms with E-state index in [1.165, 1.54) is 0 Å². The highest BCUT2D eigenvalue weighted by Gasteiger charge is 2.16. The number of hydrogen-bond acceptors (Lipinski definition) is 5. The summed E-state index contributed by atoms with van der Waals surface area (Å²) in [4.78, 5) is 12.2. The molecule has 6 nitrogen and oxygen atoms in total. The first kappa shape index (κ1) is 16.1. The number of halogens is 1. The molecule has 1 amide bonds. The highest BCUT2D eigenvalue weighted by molar-refractivity contribution is 6.30. The minimum absolute atomic E-state index is 0.180. The van der Waals surface area contributed by atoms with E-state index in [-0.39, 0.29) is 18.3 Å². The molecule has 0 aliphatic heterocycles. The molecule has 124 valence electrons. The number of furan rings is 1. The molecular weight excluding hydrogens is 332 g/mol. The van der Waals surface area contributed by atoms with Gasteiger partial charge in [0.05, 0.1) is 0 Å². The van der Waals surface area contributed by atoms with E-state index in [2.05, 4.69) is 10.5 Å². The highest BCUT2D eigenvalue weighted by Crippen LogP contribution is 2.21. The van der Waals surface area contributed by atoms with Crippen molar-refractivity contribution in [2.24, 2.45) is 0 Å². The number of nitrogens with zero attached hydrogens (tertiary/aromatic N) is 1. The number of rotatable bonds is 5. The van der Waals surface area contributed by atoms with Crippen molar-refractivity contribution in [3.63, 3.8) is 0 Å². The molecule has 0 radical (unpaired) electrons. The number of nitrogens with one attached hydrogen (secondary N) is 1. The van der Waals surface area contributed by atoms with Gasteiger partial charge < -0.3 is 19.0 Å². The summed E-state index contributed by atoms with van der Waals surface area (Å²) in [5, 5.41) is 7.10. The van der Waals surface area contributed by atoms with E-state index in [4.69, 9.17) is 25.3 Å². The van der Waals surface area contributed by atoms with E-state index < -0.39 is 0 Å². The van der Waals surface area contributed by atoms with Crippen molar-refractivity contribution in [2.75, 3.05) is 5.32 Å². The van der Waals surface area contributed by atoms with E-state index >= 15 is 0 Å². The Hall–Kier alpha value is -2.73. The fraction of sp³-hybridized carbons (Fsp3) is 0.176. The molecule has 0 bridgehead atoms. The Morgan fingerprint density at radius 2 is 2.12 bits per heavy atom. The fourth-order valence-corrected chi connectivity index (χ4v) is 2.31. The number of hydrogen-bond donors (Lipinski definition) is 1. The maximum Gasteiger partial charge on any atom is 0.291 e. The molecule has 0 aliphatic carbocycles. The van der Waals surface area contributed by atoms with Crippen molar-refractivity contribution in [1.29, 1.82) is 0 Å². The number of anilines is 1. The number of benzene rings is 1. The lowest BCUT2D eigenvalue weighted by molar-refractivity contribution is 0.0992. The summed E-state index contributed by atoms with van der Waals surface area (Å²) in [5.74, 6) is 1.49. The third kappa shape index (κ3) is 3.60. The molecule has 0 unspecified atom stereocenters. The molecule has 0 saturated heterocycles.